The van der Waals surface area contributed by atoms with Gasteiger partial charge in [0.25, 0.3) is 11.5 Å². The minimum absolute atomic E-state index is 0.00935. The number of hydrogen-bond donors (Lipinski definition) is 3. The summed E-state index contributed by atoms with van der Waals surface area (Å²) in [6.45, 7) is 7.61. The zero-order valence-electron chi connectivity index (χ0n) is 12.8. The van der Waals surface area contributed by atoms with Crippen LogP contribution in [0.3, 0.4) is 0 Å². The van der Waals surface area contributed by atoms with Crippen LogP contribution in [0.2, 0.25) is 0 Å². The fourth-order valence-corrected chi connectivity index (χ4v) is 2.14. The van der Waals surface area contributed by atoms with E-state index >= 15 is 0 Å². The number of aliphatic carboxylic acids is 1. The predicted molar refractivity (Wildman–Crippen MR) is 79.4 cm³/mol. The number of aromatic nitrogens is 1. The normalized spacial score (nSPS) is 12.8. The molecule has 1 heterocycles. The van der Waals surface area contributed by atoms with Crippen molar-refractivity contribution in [3.05, 3.63) is 33.7 Å². The Morgan fingerprint density at radius 2 is 1.95 bits per heavy atom. The summed E-state index contributed by atoms with van der Waals surface area (Å²) in [5.74, 6) is -1.53. The molecule has 0 saturated heterocycles. The smallest absolute Gasteiger partial charge is 0.305 e. The zero-order chi connectivity index (χ0) is 16.2. The molecular weight excluding hydrogens is 272 g/mol. The van der Waals surface area contributed by atoms with Crippen LogP contribution in [0.25, 0.3) is 0 Å². The van der Waals surface area contributed by atoms with Crippen molar-refractivity contribution in [2.45, 2.75) is 46.6 Å². The van der Waals surface area contributed by atoms with Crippen molar-refractivity contribution in [1.29, 1.82) is 0 Å². The summed E-state index contributed by atoms with van der Waals surface area (Å²) in [6.07, 6.45) is 0.335. The molecular formula is C15H22N2O4. The molecule has 0 aromatic carbocycles. The number of rotatable bonds is 5. The molecule has 1 atom stereocenters. The van der Waals surface area contributed by atoms with E-state index in [9.17, 15) is 14.4 Å². The maximum Gasteiger partial charge on any atom is 0.305 e. The number of carboxylic acids is 1. The largest absolute Gasteiger partial charge is 0.481 e. The average molecular weight is 294 g/mol. The average Bonchev–Trinajstić information content (AvgIpc) is 2.24. The highest BCUT2D eigenvalue weighted by Crippen LogP contribution is 2.22. The van der Waals surface area contributed by atoms with Crippen LogP contribution in [-0.4, -0.2) is 28.0 Å². The van der Waals surface area contributed by atoms with Gasteiger partial charge in [-0.25, -0.2) is 0 Å². The molecule has 21 heavy (non-hydrogen) atoms. The first-order chi connectivity index (χ1) is 9.58. The van der Waals surface area contributed by atoms with Crippen LogP contribution < -0.4 is 10.9 Å². The summed E-state index contributed by atoms with van der Waals surface area (Å²) < 4.78 is 0. The molecule has 0 saturated carbocycles. The van der Waals surface area contributed by atoms with Crippen LogP contribution in [0.5, 0.6) is 0 Å². The first-order valence-corrected chi connectivity index (χ1v) is 6.81. The van der Waals surface area contributed by atoms with Crippen LogP contribution in [0.15, 0.2) is 16.9 Å². The van der Waals surface area contributed by atoms with Gasteiger partial charge in [-0.15, -0.1) is 0 Å². The van der Waals surface area contributed by atoms with E-state index in [0.717, 1.165) is 0 Å². The van der Waals surface area contributed by atoms with Crippen LogP contribution in [0.1, 0.15) is 49.7 Å². The number of H-pyrrole nitrogens is 1. The molecule has 0 fully saturated rings. The van der Waals surface area contributed by atoms with Crippen molar-refractivity contribution in [1.82, 2.24) is 10.3 Å². The number of carbonyl (C=O) groups excluding carboxylic acids is 1. The summed E-state index contributed by atoms with van der Waals surface area (Å²) >= 11 is 0. The van der Waals surface area contributed by atoms with Crippen molar-refractivity contribution in [2.75, 3.05) is 0 Å². The number of aryl methyl sites for hydroxylation is 1. The number of carbonyl (C=O) groups is 2. The van der Waals surface area contributed by atoms with Gasteiger partial charge in [0.1, 0.15) is 5.56 Å². The molecule has 3 N–H and O–H groups in total. The number of pyridine rings is 1. The first kappa shape index (κ1) is 16.9. The molecule has 116 valence electrons. The second kappa shape index (κ2) is 6.56. The van der Waals surface area contributed by atoms with E-state index < -0.39 is 23.5 Å². The monoisotopic (exact) mass is 294 g/mol. The second-order valence-electron chi connectivity index (χ2n) is 6.42. The van der Waals surface area contributed by atoms with Gasteiger partial charge in [-0.05, 0) is 30.9 Å². The molecule has 0 bridgehead atoms. The van der Waals surface area contributed by atoms with Crippen molar-refractivity contribution in [3.63, 3.8) is 0 Å². The fraction of sp³-hybridized carbons (Fsp3) is 0.533. The summed E-state index contributed by atoms with van der Waals surface area (Å²) in [7, 11) is 0. The Labute approximate surface area is 123 Å². The lowest BCUT2D eigenvalue weighted by Gasteiger charge is -2.25. The molecule has 1 aromatic heterocycles. The minimum Gasteiger partial charge on any atom is -0.481 e. The molecule has 1 amide bonds. The number of aromatic amines is 1. The van der Waals surface area contributed by atoms with Gasteiger partial charge in [-0.3, -0.25) is 14.4 Å². The Morgan fingerprint density at radius 1 is 1.33 bits per heavy atom. The van der Waals surface area contributed by atoms with Crippen LogP contribution in [-0.2, 0) is 4.79 Å². The van der Waals surface area contributed by atoms with Gasteiger partial charge < -0.3 is 15.4 Å². The molecule has 0 aliphatic heterocycles. The highest BCUT2D eigenvalue weighted by Gasteiger charge is 2.24. The van der Waals surface area contributed by atoms with E-state index in [2.05, 4.69) is 10.3 Å². The summed E-state index contributed by atoms with van der Waals surface area (Å²) in [4.78, 5) is 37.3. The maximum atomic E-state index is 12.1. The Morgan fingerprint density at radius 3 is 2.43 bits per heavy atom. The number of nitrogens with one attached hydrogen (secondary N) is 2. The summed E-state index contributed by atoms with van der Waals surface area (Å²) in [5, 5.41) is 11.6. The minimum atomic E-state index is -0.984. The zero-order valence-corrected chi connectivity index (χ0v) is 12.8. The molecule has 6 nitrogen and oxygen atoms in total. The van der Waals surface area contributed by atoms with Crippen LogP contribution in [0, 0.1) is 12.3 Å². The summed E-state index contributed by atoms with van der Waals surface area (Å²) in [6, 6.07) is 2.56. The van der Waals surface area contributed by atoms with E-state index in [-0.39, 0.29) is 17.4 Å². The van der Waals surface area contributed by atoms with Gasteiger partial charge in [0.05, 0.1) is 6.42 Å². The highest BCUT2D eigenvalue weighted by atomic mass is 16.4. The second-order valence-corrected chi connectivity index (χ2v) is 6.42. The topological polar surface area (TPSA) is 99.3 Å². The van der Waals surface area contributed by atoms with Crippen LogP contribution in [0.4, 0.5) is 0 Å². The number of hydrogen-bond acceptors (Lipinski definition) is 3. The van der Waals surface area contributed by atoms with Gasteiger partial charge in [-0.2, -0.15) is 0 Å². The Kier molecular flexibility index (Phi) is 5.29. The lowest BCUT2D eigenvalue weighted by atomic mass is 9.87. The Hall–Kier alpha value is -2.11. The molecule has 0 aliphatic carbocycles. The molecule has 1 aromatic rings. The molecule has 6 heteroatoms. The van der Waals surface area contributed by atoms with E-state index in [1.54, 1.807) is 13.0 Å². The molecule has 1 rings (SSSR count). The van der Waals surface area contributed by atoms with E-state index in [4.69, 9.17) is 5.11 Å². The van der Waals surface area contributed by atoms with Crippen molar-refractivity contribution < 1.29 is 14.7 Å². The third-order valence-corrected chi connectivity index (χ3v) is 2.91. The Balaban J connectivity index is 2.89. The molecule has 1 unspecified atom stereocenters. The fourth-order valence-electron chi connectivity index (χ4n) is 2.14. The lowest BCUT2D eigenvalue weighted by Crippen LogP contribution is -2.41. The quantitative estimate of drug-likeness (QED) is 0.769. The third-order valence-electron chi connectivity index (χ3n) is 2.91. The van der Waals surface area contributed by atoms with E-state index in [1.807, 2.05) is 20.8 Å². The van der Waals surface area contributed by atoms with Gasteiger partial charge >= 0.3 is 5.97 Å². The summed E-state index contributed by atoms with van der Waals surface area (Å²) in [5.41, 5.74) is 0.0446. The number of amides is 1. The van der Waals surface area contributed by atoms with E-state index in [0.29, 0.717) is 12.1 Å². The maximum absolute atomic E-state index is 12.1. The predicted octanol–water partition coefficient (Wildman–Crippen LogP) is 1.69. The lowest BCUT2D eigenvalue weighted by molar-refractivity contribution is -0.137. The van der Waals surface area contributed by atoms with Crippen molar-refractivity contribution in [3.8, 4) is 0 Å². The van der Waals surface area contributed by atoms with Gasteiger partial charge in [-0.1, -0.05) is 20.8 Å². The van der Waals surface area contributed by atoms with Gasteiger partial charge in [0, 0.05) is 11.7 Å². The third kappa shape index (κ3) is 5.81. The molecule has 0 spiro atoms. The molecule has 0 aliphatic rings. The first-order valence-electron chi connectivity index (χ1n) is 6.81. The SMILES string of the molecule is Cc1ccc(C(=O)NC(CC(=O)O)CC(C)(C)C)c(=O)[nH]1. The van der Waals surface area contributed by atoms with E-state index in [1.165, 1.54) is 6.07 Å². The van der Waals surface area contributed by atoms with Crippen LogP contribution >= 0.6 is 0 Å². The van der Waals surface area contributed by atoms with Gasteiger partial charge in [0.15, 0.2) is 0 Å². The van der Waals surface area contributed by atoms with Crippen molar-refractivity contribution in [2.24, 2.45) is 5.41 Å². The highest BCUT2D eigenvalue weighted by molar-refractivity contribution is 5.94. The standard InChI is InChI=1S/C15H22N2O4/c1-9-5-6-11(13(20)16-9)14(21)17-10(7-12(18)19)8-15(2,3)4/h5-6,10H,7-8H2,1-4H3,(H,16,20)(H,17,21)(H,18,19). The van der Waals surface area contributed by atoms with Gasteiger partial charge in [0.2, 0.25) is 0 Å². The number of carboxylic acid groups (broad SMARTS) is 1. The van der Waals surface area contributed by atoms with Crippen molar-refractivity contribution >= 4 is 11.9 Å². The Bertz CT molecular complexity index is 584. The molecule has 0 radical (unpaired) electrons.